The van der Waals surface area contributed by atoms with Gasteiger partial charge in [-0.3, -0.25) is 9.59 Å². The average Bonchev–Trinajstić information content (AvgIpc) is 3.04. The van der Waals surface area contributed by atoms with Crippen LogP contribution in [-0.2, 0) is 19.1 Å². The summed E-state index contributed by atoms with van der Waals surface area (Å²) in [6, 6.07) is 0. The molecule has 7 heteroatoms. The van der Waals surface area contributed by atoms with Gasteiger partial charge in [0.15, 0.2) is 6.10 Å². The first kappa shape index (κ1) is 43.8. The number of hydrogen-bond donors (Lipinski definition) is 3. The molecule has 266 valence electrons. The minimum Gasteiger partial charge on any atom is -0.396 e. The average molecular weight is 649 g/mol. The van der Waals surface area contributed by atoms with Crippen molar-refractivity contribution in [3.8, 4) is 0 Å². The molecule has 0 aliphatic heterocycles. The first-order valence-corrected chi connectivity index (χ1v) is 18.4. The number of carbonyl (C=O) groups excluding carboxylic acids is 2. The Morgan fingerprint density at radius 3 is 1.22 bits per heavy atom. The van der Waals surface area contributed by atoms with E-state index in [0.717, 1.165) is 77.0 Å². The van der Waals surface area contributed by atoms with Gasteiger partial charge in [0.2, 0.25) is 0 Å². The highest BCUT2D eigenvalue weighted by molar-refractivity contribution is 5.71. The van der Waals surface area contributed by atoms with Crippen LogP contribution in [0.25, 0.3) is 0 Å². The number of ether oxygens (including phenoxy) is 2. The Balaban J connectivity index is 4.03. The number of rotatable bonds is 32. The second-order valence-corrected chi connectivity index (χ2v) is 12.2. The Hall–Kier alpha value is -2.22. The number of hydrogen-bond acceptors (Lipinski definition) is 7. The minimum atomic E-state index is -2.89. The van der Waals surface area contributed by atoms with Gasteiger partial charge in [-0.15, -0.1) is 0 Å². The van der Waals surface area contributed by atoms with Crippen LogP contribution < -0.4 is 0 Å². The summed E-state index contributed by atoms with van der Waals surface area (Å²) in [6.07, 6.45) is 39.0. The molecule has 0 aliphatic carbocycles. The summed E-state index contributed by atoms with van der Waals surface area (Å²) in [5.41, 5.74) is 0. The Kier molecular flexibility index (Phi) is 31.1. The smallest absolute Gasteiger partial charge is 0.396 e. The first-order valence-electron chi connectivity index (χ1n) is 18.4. The van der Waals surface area contributed by atoms with Crippen LogP contribution in [0.4, 0.5) is 0 Å². The van der Waals surface area contributed by atoms with E-state index in [1.54, 1.807) is 0 Å². The Labute approximate surface area is 281 Å². The third kappa shape index (κ3) is 28.0. The summed E-state index contributed by atoms with van der Waals surface area (Å²) in [5.74, 6) is -4.46. The third-order valence-electron chi connectivity index (χ3n) is 7.78. The van der Waals surface area contributed by atoms with E-state index >= 15 is 0 Å². The highest BCUT2D eigenvalue weighted by Gasteiger charge is 2.44. The molecule has 1 unspecified atom stereocenters. The van der Waals surface area contributed by atoms with Crippen molar-refractivity contribution in [2.45, 2.75) is 180 Å². The van der Waals surface area contributed by atoms with E-state index in [1.165, 1.54) is 51.4 Å². The molecule has 0 radical (unpaired) electrons. The molecule has 0 aromatic heterocycles. The number of unbranched alkanes of at least 4 members (excludes halogenated alkanes) is 16. The molecule has 0 saturated heterocycles. The van der Waals surface area contributed by atoms with Crippen molar-refractivity contribution >= 4 is 11.9 Å². The van der Waals surface area contributed by atoms with Crippen molar-refractivity contribution in [1.82, 2.24) is 0 Å². The Morgan fingerprint density at radius 2 is 0.870 bits per heavy atom. The van der Waals surface area contributed by atoms with Gasteiger partial charge in [-0.05, 0) is 77.0 Å². The van der Waals surface area contributed by atoms with E-state index in [9.17, 15) is 24.9 Å². The van der Waals surface area contributed by atoms with Crippen molar-refractivity contribution in [1.29, 1.82) is 0 Å². The molecule has 0 rings (SSSR count). The van der Waals surface area contributed by atoms with Gasteiger partial charge >= 0.3 is 17.9 Å². The molecule has 0 spiro atoms. The van der Waals surface area contributed by atoms with Gasteiger partial charge in [0.25, 0.3) is 0 Å². The fourth-order valence-corrected chi connectivity index (χ4v) is 4.86. The zero-order valence-corrected chi connectivity index (χ0v) is 29.3. The monoisotopic (exact) mass is 648 g/mol. The van der Waals surface area contributed by atoms with Gasteiger partial charge in [0, 0.05) is 12.8 Å². The summed E-state index contributed by atoms with van der Waals surface area (Å²) in [7, 11) is 0. The van der Waals surface area contributed by atoms with Gasteiger partial charge in [0.05, 0.1) is 6.61 Å². The number of esters is 2. The molecule has 0 amide bonds. The molecule has 46 heavy (non-hydrogen) atoms. The predicted molar refractivity (Wildman–Crippen MR) is 189 cm³/mol. The minimum absolute atomic E-state index is 0.0213. The van der Waals surface area contributed by atoms with E-state index in [4.69, 9.17) is 9.47 Å². The van der Waals surface area contributed by atoms with Crippen LogP contribution in [0.5, 0.6) is 0 Å². The Bertz CT molecular complexity index is 770. The second-order valence-electron chi connectivity index (χ2n) is 12.2. The van der Waals surface area contributed by atoms with Gasteiger partial charge in [0.1, 0.15) is 0 Å². The first-order chi connectivity index (χ1) is 22.4. The molecule has 0 fully saturated rings. The number of aliphatic hydroxyl groups is 3. The van der Waals surface area contributed by atoms with Gasteiger partial charge < -0.3 is 24.8 Å². The predicted octanol–water partition coefficient (Wildman–Crippen LogP) is 9.70. The summed E-state index contributed by atoms with van der Waals surface area (Å²) in [6.45, 7) is 3.51. The van der Waals surface area contributed by atoms with Crippen LogP contribution in [0.1, 0.15) is 168 Å². The molecule has 0 aromatic carbocycles. The topological polar surface area (TPSA) is 113 Å². The maximum atomic E-state index is 12.3. The molecule has 1 atom stereocenters. The quantitative estimate of drug-likeness (QED) is 0.0288. The fourth-order valence-electron chi connectivity index (χ4n) is 4.86. The zero-order chi connectivity index (χ0) is 34.0. The van der Waals surface area contributed by atoms with E-state index in [0.29, 0.717) is 12.8 Å². The number of allylic oxidation sites excluding steroid dienone is 8. The van der Waals surface area contributed by atoms with Crippen molar-refractivity contribution in [2.24, 2.45) is 0 Å². The van der Waals surface area contributed by atoms with Crippen LogP contribution in [0.15, 0.2) is 48.6 Å². The summed E-state index contributed by atoms with van der Waals surface area (Å²) >= 11 is 0. The highest BCUT2D eigenvalue weighted by Crippen LogP contribution is 2.20. The summed E-state index contributed by atoms with van der Waals surface area (Å²) in [5, 5.41) is 29.9. The van der Waals surface area contributed by atoms with Crippen LogP contribution >= 0.6 is 0 Å². The highest BCUT2D eigenvalue weighted by atomic mass is 16.8. The second kappa shape index (κ2) is 32.7. The van der Waals surface area contributed by atoms with E-state index in [-0.39, 0.29) is 12.8 Å². The lowest BCUT2D eigenvalue weighted by Gasteiger charge is -2.30. The van der Waals surface area contributed by atoms with E-state index in [2.05, 4.69) is 62.5 Å². The molecular weight excluding hydrogens is 580 g/mol. The van der Waals surface area contributed by atoms with Crippen molar-refractivity contribution in [2.75, 3.05) is 6.61 Å². The van der Waals surface area contributed by atoms with Crippen LogP contribution in [0.2, 0.25) is 0 Å². The summed E-state index contributed by atoms with van der Waals surface area (Å²) in [4.78, 5) is 24.6. The van der Waals surface area contributed by atoms with Gasteiger partial charge in [-0.25, -0.2) is 0 Å². The lowest BCUT2D eigenvalue weighted by Crippen LogP contribution is -2.51. The molecule has 7 nitrogen and oxygen atoms in total. The molecule has 0 bridgehead atoms. The molecule has 0 saturated carbocycles. The molecule has 0 heterocycles. The zero-order valence-electron chi connectivity index (χ0n) is 29.3. The maximum Gasteiger partial charge on any atom is 0.403 e. The molecular formula is C39H68O7. The SMILES string of the molecule is CCCCC/C=C\C/C=C\CCCCCCCC(=O)OC(O)(OC(=O)CCCCCCC/C=C\C/C=C\CCCCC)C(O)CO. The van der Waals surface area contributed by atoms with E-state index < -0.39 is 30.6 Å². The third-order valence-corrected chi connectivity index (χ3v) is 7.78. The van der Waals surface area contributed by atoms with Crippen LogP contribution in [0, 0.1) is 0 Å². The number of aliphatic hydroxyl groups excluding tert-OH is 2. The van der Waals surface area contributed by atoms with Crippen molar-refractivity contribution < 1.29 is 34.4 Å². The largest absolute Gasteiger partial charge is 0.403 e. The van der Waals surface area contributed by atoms with Crippen LogP contribution in [0.3, 0.4) is 0 Å². The van der Waals surface area contributed by atoms with Gasteiger partial charge in [-0.1, -0.05) is 127 Å². The van der Waals surface area contributed by atoms with Crippen molar-refractivity contribution in [3.63, 3.8) is 0 Å². The normalized spacial score (nSPS) is 13.1. The Morgan fingerprint density at radius 1 is 0.543 bits per heavy atom. The lowest BCUT2D eigenvalue weighted by molar-refractivity contribution is -0.364. The number of carbonyl (C=O) groups is 2. The van der Waals surface area contributed by atoms with Gasteiger partial charge in [-0.2, -0.15) is 0 Å². The van der Waals surface area contributed by atoms with Crippen LogP contribution in [-0.4, -0.2) is 45.9 Å². The fraction of sp³-hybridized carbons (Fsp3) is 0.744. The maximum absolute atomic E-state index is 12.3. The lowest BCUT2D eigenvalue weighted by atomic mass is 10.1. The molecule has 0 aliphatic rings. The molecule has 0 aromatic rings. The molecule has 3 N–H and O–H groups in total. The van der Waals surface area contributed by atoms with Crippen molar-refractivity contribution in [3.05, 3.63) is 48.6 Å². The standard InChI is InChI=1S/C39H68O7/c1-3-5-7-9-11-13-15-17-19-21-23-25-27-29-31-33-37(42)45-39(44,36(41)35-40)46-38(43)34-32-30-28-26-24-22-20-18-16-14-12-10-8-6-4-2/h11-14,17-20,36,40-41,44H,3-10,15-16,21-35H2,1-2H3/b13-11-,14-12-,19-17-,20-18-. The summed E-state index contributed by atoms with van der Waals surface area (Å²) < 4.78 is 9.89. The van der Waals surface area contributed by atoms with E-state index in [1.807, 2.05) is 0 Å².